The quantitative estimate of drug-likeness (QED) is 0.325. The third-order valence-electron chi connectivity index (χ3n) is 5.77. The highest BCUT2D eigenvalue weighted by Gasteiger charge is 2.16. The Hall–Kier alpha value is -1.61. The van der Waals surface area contributed by atoms with Gasteiger partial charge in [-0.05, 0) is 30.5 Å². The lowest BCUT2D eigenvalue weighted by atomic mass is 9.85. The first kappa shape index (κ1) is 22.7. The van der Waals surface area contributed by atoms with Crippen LogP contribution >= 0.6 is 0 Å². The molecule has 0 aliphatic heterocycles. The summed E-state index contributed by atoms with van der Waals surface area (Å²) in [4.78, 5) is 2.30. The van der Waals surface area contributed by atoms with Crippen LogP contribution in [0, 0.1) is 17.2 Å². The first-order valence-corrected chi connectivity index (χ1v) is 10.5. The molecular formula is C24H32IN3. The number of anilines is 2. The lowest BCUT2D eigenvalue weighted by Gasteiger charge is -2.25. The molecule has 0 spiro atoms. The van der Waals surface area contributed by atoms with Gasteiger partial charge in [-0.25, -0.2) is 4.57 Å². The summed E-state index contributed by atoms with van der Waals surface area (Å²) in [6.45, 7) is 0.952. The van der Waals surface area contributed by atoms with E-state index >= 15 is 0 Å². The van der Waals surface area contributed by atoms with Gasteiger partial charge in [0.15, 0.2) is 12.4 Å². The van der Waals surface area contributed by atoms with Crippen molar-refractivity contribution in [2.24, 2.45) is 13.0 Å². The molecule has 0 bridgehead atoms. The molecule has 0 atom stereocenters. The molecule has 1 aliphatic rings. The molecule has 150 valence electrons. The van der Waals surface area contributed by atoms with E-state index in [1.165, 1.54) is 51.4 Å². The van der Waals surface area contributed by atoms with E-state index in [0.717, 1.165) is 35.8 Å². The summed E-state index contributed by atoms with van der Waals surface area (Å²) < 4.78 is 2.07. The highest BCUT2D eigenvalue weighted by atomic mass is 127. The Balaban J connectivity index is 0.00000280. The normalized spacial score (nSPS) is 14.1. The summed E-state index contributed by atoms with van der Waals surface area (Å²) in [5.41, 5.74) is 2.90. The van der Waals surface area contributed by atoms with E-state index in [0.29, 0.717) is 0 Å². The van der Waals surface area contributed by atoms with Crippen LogP contribution in [0.15, 0.2) is 48.8 Å². The van der Waals surface area contributed by atoms with E-state index < -0.39 is 0 Å². The van der Waals surface area contributed by atoms with Crippen molar-refractivity contribution in [1.82, 2.24) is 0 Å². The second-order valence-electron chi connectivity index (χ2n) is 7.86. The van der Waals surface area contributed by atoms with Gasteiger partial charge in [0, 0.05) is 12.6 Å². The van der Waals surface area contributed by atoms with Gasteiger partial charge in [-0.2, -0.15) is 5.26 Å². The second kappa shape index (κ2) is 12.1. The molecule has 1 aliphatic carbocycles. The van der Waals surface area contributed by atoms with Crippen molar-refractivity contribution in [2.75, 3.05) is 11.4 Å². The van der Waals surface area contributed by atoms with Crippen LogP contribution < -0.4 is 33.4 Å². The summed E-state index contributed by atoms with van der Waals surface area (Å²) >= 11 is 0. The fourth-order valence-corrected chi connectivity index (χ4v) is 4.28. The summed E-state index contributed by atoms with van der Waals surface area (Å²) in [6, 6.07) is 14.5. The molecule has 2 aromatic rings. The number of hydrogen-bond donors (Lipinski definition) is 0. The first-order valence-electron chi connectivity index (χ1n) is 10.5. The van der Waals surface area contributed by atoms with E-state index in [4.69, 9.17) is 0 Å². The Kier molecular flexibility index (Phi) is 9.77. The van der Waals surface area contributed by atoms with Gasteiger partial charge in [-0.1, -0.05) is 63.5 Å². The summed E-state index contributed by atoms with van der Waals surface area (Å²) in [5.74, 6) is 0.974. The number of benzene rings is 1. The zero-order chi connectivity index (χ0) is 18.9. The molecule has 0 unspecified atom stereocenters. The molecule has 1 fully saturated rings. The maximum Gasteiger partial charge on any atom is 0.192 e. The van der Waals surface area contributed by atoms with Gasteiger partial charge in [-0.3, -0.25) is 0 Å². The van der Waals surface area contributed by atoms with Crippen LogP contribution in [0.2, 0.25) is 0 Å². The average molecular weight is 489 g/mol. The average Bonchev–Trinajstić information content (AvgIpc) is 2.71. The number of unbranched alkanes of at least 4 members (excludes halogenated alkanes) is 2. The maximum absolute atomic E-state index is 9.54. The van der Waals surface area contributed by atoms with Gasteiger partial charge in [0.05, 0.1) is 11.3 Å². The minimum atomic E-state index is 0. The predicted molar refractivity (Wildman–Crippen MR) is 111 cm³/mol. The third-order valence-corrected chi connectivity index (χ3v) is 5.77. The van der Waals surface area contributed by atoms with Crippen molar-refractivity contribution in [3.05, 3.63) is 54.4 Å². The van der Waals surface area contributed by atoms with Crippen LogP contribution in [0.3, 0.4) is 0 Å². The van der Waals surface area contributed by atoms with E-state index in [9.17, 15) is 5.26 Å². The number of rotatable bonds is 8. The van der Waals surface area contributed by atoms with Gasteiger partial charge >= 0.3 is 0 Å². The summed E-state index contributed by atoms with van der Waals surface area (Å²) in [7, 11) is 2.04. The van der Waals surface area contributed by atoms with Crippen LogP contribution in [0.5, 0.6) is 0 Å². The van der Waals surface area contributed by atoms with Crippen molar-refractivity contribution in [3.63, 3.8) is 0 Å². The van der Waals surface area contributed by atoms with Crippen molar-refractivity contribution in [1.29, 1.82) is 5.26 Å². The molecule has 28 heavy (non-hydrogen) atoms. The smallest absolute Gasteiger partial charge is 0.192 e. The lowest BCUT2D eigenvalue weighted by Crippen LogP contribution is -3.00. The lowest BCUT2D eigenvalue weighted by molar-refractivity contribution is -0.670. The summed E-state index contributed by atoms with van der Waals surface area (Å²) in [6.07, 6.45) is 16.5. The largest absolute Gasteiger partial charge is 1.00 e. The molecule has 4 heteroatoms. The number of nitrogens with zero attached hydrogens (tertiary/aromatic N) is 3. The van der Waals surface area contributed by atoms with Crippen molar-refractivity contribution >= 4 is 11.4 Å². The molecule has 0 N–H and O–H groups in total. The minimum Gasteiger partial charge on any atom is -1.00 e. The monoisotopic (exact) mass is 489 g/mol. The highest BCUT2D eigenvalue weighted by Crippen LogP contribution is 2.30. The van der Waals surface area contributed by atoms with Gasteiger partial charge in [0.25, 0.3) is 0 Å². The van der Waals surface area contributed by atoms with E-state index in [-0.39, 0.29) is 24.0 Å². The van der Waals surface area contributed by atoms with Gasteiger partial charge < -0.3 is 28.9 Å². The number of aromatic nitrogens is 1. The molecule has 0 radical (unpaired) electrons. The number of halogens is 1. The fourth-order valence-electron chi connectivity index (χ4n) is 4.28. The Morgan fingerprint density at radius 3 is 2.57 bits per heavy atom. The first-order chi connectivity index (χ1) is 13.3. The molecule has 0 amide bonds. The molecule has 0 saturated heterocycles. The Labute approximate surface area is 187 Å². The van der Waals surface area contributed by atoms with Crippen LogP contribution in [-0.4, -0.2) is 6.54 Å². The standard InChI is InChI=1S/C24H32N3.HI/c1-26-17-10-15-23(20-26)27(24-16-8-7-14-22(24)19-25)18-9-3-6-13-21-11-4-2-5-12-21;/h7-8,10,14-17,20-21H,2-6,9,11-13,18H2,1H3;1H/q+1;/p-1. The molecule has 1 saturated carbocycles. The number of aryl methyl sites for hydroxylation is 1. The zero-order valence-corrected chi connectivity index (χ0v) is 19.1. The van der Waals surface area contributed by atoms with Gasteiger partial charge in [0.1, 0.15) is 18.8 Å². The topological polar surface area (TPSA) is 30.9 Å². The third kappa shape index (κ3) is 6.48. The molecule has 3 rings (SSSR count). The van der Waals surface area contributed by atoms with Crippen molar-refractivity contribution in [3.8, 4) is 6.07 Å². The molecule has 1 heterocycles. The maximum atomic E-state index is 9.54. The molecule has 1 aromatic carbocycles. The number of hydrogen-bond acceptors (Lipinski definition) is 2. The zero-order valence-electron chi connectivity index (χ0n) is 17.0. The minimum absolute atomic E-state index is 0. The van der Waals surface area contributed by atoms with Gasteiger partial charge in [0.2, 0.25) is 0 Å². The molecule has 3 nitrogen and oxygen atoms in total. The Morgan fingerprint density at radius 1 is 1.04 bits per heavy atom. The van der Waals surface area contributed by atoms with Crippen LogP contribution in [0.1, 0.15) is 63.4 Å². The summed E-state index contributed by atoms with van der Waals surface area (Å²) in [5, 5.41) is 9.54. The Morgan fingerprint density at radius 2 is 1.82 bits per heavy atom. The van der Waals surface area contributed by atoms with E-state index in [1.807, 2.05) is 31.4 Å². The fraction of sp³-hybridized carbons (Fsp3) is 0.500. The van der Waals surface area contributed by atoms with Crippen molar-refractivity contribution < 1.29 is 28.5 Å². The number of nitriles is 1. The second-order valence-corrected chi connectivity index (χ2v) is 7.86. The molecular weight excluding hydrogens is 457 g/mol. The SMILES string of the molecule is C[n+]1cccc(N(CCCCCC2CCCCC2)c2ccccc2C#N)c1.[I-]. The van der Waals surface area contributed by atoms with Crippen LogP contribution in [-0.2, 0) is 7.05 Å². The Bertz CT molecular complexity index is 762. The van der Waals surface area contributed by atoms with Gasteiger partial charge in [-0.15, -0.1) is 0 Å². The number of para-hydroxylation sites is 1. The van der Waals surface area contributed by atoms with Crippen molar-refractivity contribution in [2.45, 2.75) is 57.8 Å². The van der Waals surface area contributed by atoms with Crippen LogP contribution in [0.4, 0.5) is 11.4 Å². The molecule has 1 aromatic heterocycles. The van der Waals surface area contributed by atoms with Crippen LogP contribution in [0.25, 0.3) is 0 Å². The predicted octanol–water partition coefficient (Wildman–Crippen LogP) is 2.67. The van der Waals surface area contributed by atoms with E-state index in [2.05, 4.69) is 39.9 Å². The number of pyridine rings is 1. The highest BCUT2D eigenvalue weighted by molar-refractivity contribution is 5.68. The van der Waals surface area contributed by atoms with E-state index in [1.54, 1.807) is 0 Å².